The minimum Gasteiger partial charge on any atom is -0.342 e. The van der Waals surface area contributed by atoms with Gasteiger partial charge in [0.1, 0.15) is 12.1 Å². The Morgan fingerprint density at radius 1 is 1.17 bits per heavy atom. The summed E-state index contributed by atoms with van der Waals surface area (Å²) in [5.74, 6) is 0.913. The SMILES string of the molecule is CC(=O)Nc1ccc(-c2cnc(CCCCCCC=O)[nH]2)cc1. The molecular formula is C18H23N3O2. The van der Waals surface area contributed by atoms with Crippen LogP contribution in [0.5, 0.6) is 0 Å². The Morgan fingerprint density at radius 3 is 2.61 bits per heavy atom. The van der Waals surface area contributed by atoms with Crippen LogP contribution in [-0.2, 0) is 16.0 Å². The number of aromatic nitrogens is 2. The molecule has 1 aromatic carbocycles. The summed E-state index contributed by atoms with van der Waals surface area (Å²) in [5.41, 5.74) is 2.82. The maximum absolute atomic E-state index is 11.0. The second-order valence-electron chi connectivity index (χ2n) is 5.62. The second-order valence-corrected chi connectivity index (χ2v) is 5.62. The molecule has 0 atom stereocenters. The molecule has 0 fully saturated rings. The number of nitrogens with zero attached hydrogens (tertiary/aromatic N) is 1. The maximum atomic E-state index is 11.0. The van der Waals surface area contributed by atoms with Crippen molar-refractivity contribution in [3.63, 3.8) is 0 Å². The first-order valence-corrected chi connectivity index (χ1v) is 8.04. The average molecular weight is 313 g/mol. The van der Waals surface area contributed by atoms with E-state index in [1.54, 1.807) is 0 Å². The van der Waals surface area contributed by atoms with Crippen molar-refractivity contribution in [2.24, 2.45) is 0 Å². The zero-order chi connectivity index (χ0) is 16.5. The van der Waals surface area contributed by atoms with Crippen molar-refractivity contribution in [3.8, 4) is 11.3 Å². The van der Waals surface area contributed by atoms with Gasteiger partial charge in [0.15, 0.2) is 0 Å². The Kier molecular flexibility index (Phi) is 6.54. The van der Waals surface area contributed by atoms with Crippen LogP contribution in [0.25, 0.3) is 11.3 Å². The number of hydrogen-bond donors (Lipinski definition) is 2. The third-order valence-electron chi connectivity index (χ3n) is 3.63. The third-order valence-corrected chi connectivity index (χ3v) is 3.63. The van der Waals surface area contributed by atoms with Crippen molar-refractivity contribution in [1.29, 1.82) is 0 Å². The summed E-state index contributed by atoms with van der Waals surface area (Å²) < 4.78 is 0. The molecule has 1 amide bonds. The monoisotopic (exact) mass is 313 g/mol. The van der Waals surface area contributed by atoms with Crippen LogP contribution in [0.15, 0.2) is 30.5 Å². The molecule has 5 nitrogen and oxygen atoms in total. The van der Waals surface area contributed by atoms with E-state index in [9.17, 15) is 9.59 Å². The third kappa shape index (κ3) is 5.70. The molecule has 0 spiro atoms. The van der Waals surface area contributed by atoms with E-state index in [1.807, 2.05) is 30.5 Å². The number of aromatic amines is 1. The first kappa shape index (κ1) is 16.9. The fourth-order valence-corrected chi connectivity index (χ4v) is 2.45. The summed E-state index contributed by atoms with van der Waals surface area (Å²) in [5, 5.41) is 2.75. The van der Waals surface area contributed by atoms with Crippen LogP contribution < -0.4 is 5.32 Å². The van der Waals surface area contributed by atoms with Gasteiger partial charge in [-0.3, -0.25) is 4.79 Å². The molecule has 2 aromatic rings. The number of anilines is 1. The average Bonchev–Trinajstić information content (AvgIpc) is 3.00. The van der Waals surface area contributed by atoms with Crippen LogP contribution in [0.3, 0.4) is 0 Å². The van der Waals surface area contributed by atoms with Crippen LogP contribution in [-0.4, -0.2) is 22.2 Å². The van der Waals surface area contributed by atoms with Crippen LogP contribution in [0.4, 0.5) is 5.69 Å². The van der Waals surface area contributed by atoms with Gasteiger partial charge in [0.05, 0.1) is 11.9 Å². The lowest BCUT2D eigenvalue weighted by molar-refractivity contribution is -0.114. The Labute approximate surface area is 136 Å². The van der Waals surface area contributed by atoms with E-state index in [-0.39, 0.29) is 5.91 Å². The molecule has 1 heterocycles. The predicted octanol–water partition coefficient (Wildman–Crippen LogP) is 3.73. The standard InChI is InChI=1S/C18H23N3O2/c1-14(23)20-16-10-8-15(9-11-16)17-13-19-18(21-17)7-5-3-2-4-6-12-22/h8-13H,2-7H2,1H3,(H,19,21)(H,20,23). The summed E-state index contributed by atoms with van der Waals surface area (Å²) in [6.07, 6.45) is 8.68. The van der Waals surface area contributed by atoms with Gasteiger partial charge in [-0.15, -0.1) is 0 Å². The van der Waals surface area contributed by atoms with Gasteiger partial charge in [0.25, 0.3) is 0 Å². The number of aryl methyl sites for hydroxylation is 1. The minimum absolute atomic E-state index is 0.0743. The van der Waals surface area contributed by atoms with E-state index in [0.717, 1.165) is 61.2 Å². The van der Waals surface area contributed by atoms with Gasteiger partial charge in [-0.05, 0) is 30.5 Å². The number of nitrogens with one attached hydrogen (secondary N) is 2. The highest BCUT2D eigenvalue weighted by Gasteiger charge is 2.04. The number of benzene rings is 1. The van der Waals surface area contributed by atoms with Crippen molar-refractivity contribution in [1.82, 2.24) is 9.97 Å². The molecule has 122 valence electrons. The van der Waals surface area contributed by atoms with Crippen molar-refractivity contribution < 1.29 is 9.59 Å². The van der Waals surface area contributed by atoms with Gasteiger partial charge in [-0.2, -0.15) is 0 Å². The molecule has 2 N–H and O–H groups in total. The quantitative estimate of drug-likeness (QED) is 0.547. The summed E-state index contributed by atoms with van der Waals surface area (Å²) in [6, 6.07) is 7.68. The van der Waals surface area contributed by atoms with Gasteiger partial charge in [-0.25, -0.2) is 4.98 Å². The van der Waals surface area contributed by atoms with Gasteiger partial charge in [0, 0.05) is 25.5 Å². The van der Waals surface area contributed by atoms with Gasteiger partial charge >= 0.3 is 0 Å². The van der Waals surface area contributed by atoms with E-state index < -0.39 is 0 Å². The summed E-state index contributed by atoms with van der Waals surface area (Å²) in [6.45, 7) is 1.49. The molecule has 5 heteroatoms. The molecule has 23 heavy (non-hydrogen) atoms. The fraction of sp³-hybridized carbons (Fsp3) is 0.389. The molecule has 2 rings (SSSR count). The number of H-pyrrole nitrogens is 1. The summed E-state index contributed by atoms with van der Waals surface area (Å²) >= 11 is 0. The van der Waals surface area contributed by atoms with Crippen molar-refractivity contribution in [2.45, 2.75) is 45.4 Å². The van der Waals surface area contributed by atoms with Gasteiger partial charge in [0.2, 0.25) is 5.91 Å². The number of rotatable bonds is 9. The van der Waals surface area contributed by atoms with Crippen LogP contribution in [0.1, 0.15) is 44.9 Å². The van der Waals surface area contributed by atoms with Gasteiger partial charge < -0.3 is 15.1 Å². The molecule has 0 unspecified atom stereocenters. The Bertz CT molecular complexity index is 632. The lowest BCUT2D eigenvalue weighted by Crippen LogP contribution is -2.05. The number of imidazole rings is 1. The largest absolute Gasteiger partial charge is 0.342 e. The van der Waals surface area contributed by atoms with E-state index in [4.69, 9.17) is 0 Å². The molecule has 0 aliphatic heterocycles. The lowest BCUT2D eigenvalue weighted by atomic mass is 10.1. The first-order valence-electron chi connectivity index (χ1n) is 8.04. The van der Waals surface area contributed by atoms with Gasteiger partial charge in [-0.1, -0.05) is 25.0 Å². The van der Waals surface area contributed by atoms with E-state index in [2.05, 4.69) is 15.3 Å². The number of amides is 1. The highest BCUT2D eigenvalue weighted by molar-refractivity contribution is 5.88. The van der Waals surface area contributed by atoms with Crippen LogP contribution in [0, 0.1) is 0 Å². The Morgan fingerprint density at radius 2 is 1.91 bits per heavy atom. The Hall–Kier alpha value is -2.43. The zero-order valence-electron chi connectivity index (χ0n) is 13.5. The number of unbranched alkanes of at least 4 members (excludes halogenated alkanes) is 4. The highest BCUT2D eigenvalue weighted by atomic mass is 16.1. The first-order chi connectivity index (χ1) is 11.2. The lowest BCUT2D eigenvalue weighted by Gasteiger charge is -2.03. The Balaban J connectivity index is 1.84. The van der Waals surface area contributed by atoms with Crippen molar-refractivity contribution >= 4 is 17.9 Å². The molecular weight excluding hydrogens is 290 g/mol. The number of aldehydes is 1. The smallest absolute Gasteiger partial charge is 0.221 e. The van der Waals surface area contributed by atoms with E-state index in [0.29, 0.717) is 6.42 Å². The molecule has 0 radical (unpaired) electrons. The van der Waals surface area contributed by atoms with E-state index in [1.165, 1.54) is 6.92 Å². The predicted molar refractivity (Wildman–Crippen MR) is 91.2 cm³/mol. The number of carbonyl (C=O) groups excluding carboxylic acids is 2. The number of carbonyl (C=O) groups is 2. The minimum atomic E-state index is -0.0743. The second kappa shape index (κ2) is 8.88. The highest BCUT2D eigenvalue weighted by Crippen LogP contribution is 2.20. The molecule has 0 bridgehead atoms. The topological polar surface area (TPSA) is 74.8 Å². The normalized spacial score (nSPS) is 10.5. The molecule has 0 aliphatic carbocycles. The van der Waals surface area contributed by atoms with Crippen LogP contribution in [0.2, 0.25) is 0 Å². The van der Waals surface area contributed by atoms with Crippen molar-refractivity contribution in [2.75, 3.05) is 5.32 Å². The fourth-order valence-electron chi connectivity index (χ4n) is 2.45. The number of hydrogen-bond acceptors (Lipinski definition) is 3. The van der Waals surface area contributed by atoms with Crippen molar-refractivity contribution in [3.05, 3.63) is 36.3 Å². The van der Waals surface area contributed by atoms with Crippen LogP contribution >= 0.6 is 0 Å². The maximum Gasteiger partial charge on any atom is 0.221 e. The zero-order valence-corrected chi connectivity index (χ0v) is 13.5. The summed E-state index contributed by atoms with van der Waals surface area (Å²) in [7, 11) is 0. The van der Waals surface area contributed by atoms with E-state index >= 15 is 0 Å². The molecule has 0 aliphatic rings. The summed E-state index contributed by atoms with van der Waals surface area (Å²) in [4.78, 5) is 29.0. The molecule has 0 saturated carbocycles. The molecule has 0 saturated heterocycles. The molecule has 1 aromatic heterocycles.